The van der Waals surface area contributed by atoms with Crippen LogP contribution in [0.4, 0.5) is 0 Å². The topological polar surface area (TPSA) is 26.3 Å². The largest absolute Gasteiger partial charge is 0.378 e. The second kappa shape index (κ2) is 5.51. The Labute approximate surface area is 111 Å². The highest BCUT2D eigenvalue weighted by Gasteiger charge is 2.31. The summed E-state index contributed by atoms with van der Waals surface area (Å²) in [5, 5.41) is 0. The van der Waals surface area contributed by atoms with Gasteiger partial charge < -0.3 is 4.74 Å². The van der Waals surface area contributed by atoms with Crippen LogP contribution in [0, 0.1) is 12.8 Å². The highest BCUT2D eigenvalue weighted by atomic mass is 35.5. The Bertz CT molecular complexity index is 388. The van der Waals surface area contributed by atoms with E-state index in [9.17, 15) is 4.79 Å². The van der Waals surface area contributed by atoms with E-state index in [2.05, 4.69) is 0 Å². The maximum absolute atomic E-state index is 12.0. The molecule has 17 heavy (non-hydrogen) atoms. The lowest BCUT2D eigenvalue weighted by molar-refractivity contribution is -0.0245. The molecule has 1 heterocycles. The summed E-state index contributed by atoms with van der Waals surface area (Å²) < 4.78 is 6.22. The van der Waals surface area contributed by atoms with E-state index in [4.69, 9.17) is 16.3 Å². The Balaban J connectivity index is 1.83. The fourth-order valence-electron chi connectivity index (χ4n) is 2.17. The number of carbonyl (C=O) groups is 1. The van der Waals surface area contributed by atoms with Crippen molar-refractivity contribution in [3.63, 3.8) is 0 Å². The molecule has 0 bridgehead atoms. The van der Waals surface area contributed by atoms with Gasteiger partial charge in [0.15, 0.2) is 5.78 Å². The molecule has 0 aliphatic heterocycles. The molecule has 0 spiro atoms. The molecule has 2 rings (SSSR count). The highest BCUT2D eigenvalue weighted by molar-refractivity contribution is 7.18. The molecule has 1 aromatic rings. The molecule has 0 amide bonds. The molecule has 0 radical (unpaired) electrons. The average molecular weight is 273 g/mol. The Kier molecular flexibility index (Phi) is 4.23. The third-order valence-corrected chi connectivity index (χ3v) is 4.80. The maximum Gasteiger partial charge on any atom is 0.173 e. The molecule has 0 aromatic carbocycles. The van der Waals surface area contributed by atoms with E-state index < -0.39 is 0 Å². The van der Waals surface area contributed by atoms with Crippen molar-refractivity contribution in [2.24, 2.45) is 5.92 Å². The van der Waals surface area contributed by atoms with E-state index in [1.165, 1.54) is 11.3 Å². The number of carbonyl (C=O) groups excluding carboxylic acids is 1. The van der Waals surface area contributed by atoms with Gasteiger partial charge in [-0.2, -0.15) is 0 Å². The van der Waals surface area contributed by atoms with E-state index in [0.717, 1.165) is 34.2 Å². The Hall–Kier alpha value is -0.380. The van der Waals surface area contributed by atoms with Crippen LogP contribution in [0.1, 0.15) is 41.4 Å². The second-order valence-electron chi connectivity index (χ2n) is 4.61. The number of thiophene rings is 1. The molecule has 0 atom stereocenters. The second-order valence-corrected chi connectivity index (χ2v) is 6.26. The fourth-order valence-corrected chi connectivity index (χ4v) is 3.32. The molecular formula is C13H17ClO2S. The average Bonchev–Trinajstić information content (AvgIpc) is 2.56. The quantitative estimate of drug-likeness (QED) is 0.755. The van der Waals surface area contributed by atoms with Crippen molar-refractivity contribution >= 4 is 28.7 Å². The van der Waals surface area contributed by atoms with Crippen LogP contribution in [0.25, 0.3) is 0 Å². The number of halogens is 1. The van der Waals surface area contributed by atoms with Crippen LogP contribution in [0.15, 0.2) is 6.07 Å². The van der Waals surface area contributed by atoms with E-state index in [1.54, 1.807) is 0 Å². The molecule has 0 N–H and O–H groups in total. The third kappa shape index (κ3) is 3.09. The standard InChI is InChI=1S/C13H17ClO2S/c1-3-16-10-5-9(6-10)7-11(15)12-4-8(2)13(14)17-12/h4,9-10H,3,5-7H2,1-2H3. The Morgan fingerprint density at radius 3 is 2.82 bits per heavy atom. The van der Waals surface area contributed by atoms with Crippen molar-refractivity contribution in [2.45, 2.75) is 39.2 Å². The fraction of sp³-hybridized carbons (Fsp3) is 0.615. The molecule has 1 saturated carbocycles. The summed E-state index contributed by atoms with van der Waals surface area (Å²) in [6.07, 6.45) is 3.07. The van der Waals surface area contributed by atoms with E-state index in [1.807, 2.05) is 19.9 Å². The summed E-state index contributed by atoms with van der Waals surface area (Å²) in [5.41, 5.74) is 1.00. The molecule has 1 aromatic heterocycles. The summed E-state index contributed by atoms with van der Waals surface area (Å²) in [4.78, 5) is 12.8. The van der Waals surface area contributed by atoms with Crippen LogP contribution in [-0.2, 0) is 4.74 Å². The van der Waals surface area contributed by atoms with Crippen molar-refractivity contribution < 1.29 is 9.53 Å². The van der Waals surface area contributed by atoms with Gasteiger partial charge in [-0.3, -0.25) is 4.79 Å². The van der Waals surface area contributed by atoms with Gasteiger partial charge in [0.2, 0.25) is 0 Å². The summed E-state index contributed by atoms with van der Waals surface area (Å²) >= 11 is 7.36. The molecule has 1 fully saturated rings. The molecule has 0 saturated heterocycles. The predicted octanol–water partition coefficient (Wildman–Crippen LogP) is 4.10. The molecule has 0 unspecified atom stereocenters. The lowest BCUT2D eigenvalue weighted by Gasteiger charge is -2.34. The van der Waals surface area contributed by atoms with E-state index in [-0.39, 0.29) is 5.78 Å². The van der Waals surface area contributed by atoms with E-state index >= 15 is 0 Å². The van der Waals surface area contributed by atoms with Crippen molar-refractivity contribution in [1.82, 2.24) is 0 Å². The number of rotatable bonds is 5. The molecule has 4 heteroatoms. The first-order chi connectivity index (χ1) is 8.10. The van der Waals surface area contributed by atoms with Crippen LogP contribution in [-0.4, -0.2) is 18.5 Å². The first-order valence-electron chi connectivity index (χ1n) is 6.00. The van der Waals surface area contributed by atoms with Gasteiger partial charge in [0.05, 0.1) is 15.3 Å². The van der Waals surface area contributed by atoms with Gasteiger partial charge >= 0.3 is 0 Å². The van der Waals surface area contributed by atoms with Gasteiger partial charge in [-0.1, -0.05) is 11.6 Å². The van der Waals surface area contributed by atoms with Gasteiger partial charge in [0, 0.05) is 13.0 Å². The first-order valence-corrected chi connectivity index (χ1v) is 7.20. The lowest BCUT2D eigenvalue weighted by Crippen LogP contribution is -2.32. The minimum absolute atomic E-state index is 0.227. The van der Waals surface area contributed by atoms with E-state index in [0.29, 0.717) is 18.4 Å². The summed E-state index contributed by atoms with van der Waals surface area (Å²) in [7, 11) is 0. The summed E-state index contributed by atoms with van der Waals surface area (Å²) in [6.45, 7) is 4.71. The van der Waals surface area contributed by atoms with Crippen molar-refractivity contribution in [2.75, 3.05) is 6.61 Å². The number of ether oxygens (including phenoxy) is 1. The first kappa shape index (κ1) is 13.1. The number of ketones is 1. The normalized spacial score (nSPS) is 23.5. The number of hydrogen-bond donors (Lipinski definition) is 0. The zero-order valence-corrected chi connectivity index (χ0v) is 11.7. The van der Waals surface area contributed by atoms with Crippen molar-refractivity contribution in [3.05, 3.63) is 20.8 Å². The van der Waals surface area contributed by atoms with Crippen molar-refractivity contribution in [3.8, 4) is 0 Å². The van der Waals surface area contributed by atoms with Crippen LogP contribution in [0.3, 0.4) is 0 Å². The SMILES string of the molecule is CCOC1CC(CC(=O)c2cc(C)c(Cl)s2)C1. The third-order valence-electron chi connectivity index (χ3n) is 3.20. The number of hydrogen-bond acceptors (Lipinski definition) is 3. The monoisotopic (exact) mass is 272 g/mol. The lowest BCUT2D eigenvalue weighted by atomic mass is 9.79. The number of aryl methyl sites for hydroxylation is 1. The Morgan fingerprint density at radius 1 is 1.59 bits per heavy atom. The predicted molar refractivity (Wildman–Crippen MR) is 71.2 cm³/mol. The van der Waals surface area contributed by atoms with Crippen LogP contribution < -0.4 is 0 Å². The zero-order valence-electron chi connectivity index (χ0n) is 10.2. The highest BCUT2D eigenvalue weighted by Crippen LogP contribution is 2.35. The smallest absolute Gasteiger partial charge is 0.173 e. The summed E-state index contributed by atoms with van der Waals surface area (Å²) in [5.74, 6) is 0.727. The van der Waals surface area contributed by atoms with Crippen LogP contribution in [0.2, 0.25) is 4.34 Å². The van der Waals surface area contributed by atoms with Crippen molar-refractivity contribution in [1.29, 1.82) is 0 Å². The number of Topliss-reactive ketones (excluding diaryl/α,β-unsaturated/α-hetero) is 1. The van der Waals surface area contributed by atoms with Gasteiger partial charge in [0.1, 0.15) is 0 Å². The molecule has 1 aliphatic rings. The molecule has 1 aliphatic carbocycles. The van der Waals surface area contributed by atoms with Gasteiger partial charge in [-0.25, -0.2) is 0 Å². The van der Waals surface area contributed by atoms with Gasteiger partial charge in [0.25, 0.3) is 0 Å². The summed E-state index contributed by atoms with van der Waals surface area (Å²) in [6, 6.07) is 1.90. The maximum atomic E-state index is 12.0. The van der Waals surface area contributed by atoms with Crippen LogP contribution >= 0.6 is 22.9 Å². The molecule has 2 nitrogen and oxygen atoms in total. The Morgan fingerprint density at radius 2 is 2.29 bits per heavy atom. The van der Waals surface area contributed by atoms with Crippen LogP contribution in [0.5, 0.6) is 0 Å². The molecule has 94 valence electrons. The molecular weight excluding hydrogens is 256 g/mol. The van der Waals surface area contributed by atoms with Gasteiger partial charge in [-0.05, 0) is 44.2 Å². The minimum Gasteiger partial charge on any atom is -0.378 e. The minimum atomic E-state index is 0.227. The zero-order chi connectivity index (χ0) is 12.4. The van der Waals surface area contributed by atoms with Gasteiger partial charge in [-0.15, -0.1) is 11.3 Å².